The number of hydrogen-bond acceptors (Lipinski definition) is 1. The van der Waals surface area contributed by atoms with Gasteiger partial charge >= 0.3 is 0 Å². The standard InChI is InChI=1S/C8H12O.C3H8/c1-9-7-8-5-3-2-4-6-8;1-3-2/h3,5-6H,2,4,7H2,1H3;3H2,1-2H3. The average molecular weight is 168 g/mol. The number of ether oxygens (including phenoxy) is 1. The SMILES string of the molecule is CCC.COCC1=CCCC=C1. The Morgan fingerprint density at radius 3 is 2.42 bits per heavy atom. The molecule has 0 spiro atoms. The van der Waals surface area contributed by atoms with Gasteiger partial charge in [0.2, 0.25) is 0 Å². The van der Waals surface area contributed by atoms with Crippen LogP contribution in [0.25, 0.3) is 0 Å². The third kappa shape index (κ3) is 6.17. The molecule has 70 valence electrons. The van der Waals surface area contributed by atoms with Crippen LogP contribution >= 0.6 is 0 Å². The number of methoxy groups -OCH3 is 1. The maximum absolute atomic E-state index is 4.96. The van der Waals surface area contributed by atoms with E-state index in [1.165, 1.54) is 24.8 Å². The van der Waals surface area contributed by atoms with Crippen LogP contribution in [0.4, 0.5) is 0 Å². The molecule has 0 saturated heterocycles. The van der Waals surface area contributed by atoms with Crippen LogP contribution in [-0.2, 0) is 4.74 Å². The Morgan fingerprint density at radius 1 is 1.33 bits per heavy atom. The summed E-state index contributed by atoms with van der Waals surface area (Å²) >= 11 is 0. The van der Waals surface area contributed by atoms with Crippen LogP contribution in [0.3, 0.4) is 0 Å². The van der Waals surface area contributed by atoms with E-state index in [0.29, 0.717) is 0 Å². The van der Waals surface area contributed by atoms with Crippen molar-refractivity contribution >= 4 is 0 Å². The molecule has 0 aromatic heterocycles. The zero-order valence-corrected chi connectivity index (χ0v) is 8.47. The van der Waals surface area contributed by atoms with Gasteiger partial charge in [-0.25, -0.2) is 0 Å². The van der Waals surface area contributed by atoms with Crippen molar-refractivity contribution in [1.82, 2.24) is 0 Å². The van der Waals surface area contributed by atoms with E-state index in [1.54, 1.807) is 7.11 Å². The molecule has 1 rings (SSSR count). The summed E-state index contributed by atoms with van der Waals surface area (Å²) < 4.78 is 4.96. The van der Waals surface area contributed by atoms with Crippen molar-refractivity contribution in [2.45, 2.75) is 33.1 Å². The molecule has 1 aliphatic rings. The summed E-state index contributed by atoms with van der Waals surface area (Å²) in [7, 11) is 1.73. The molecule has 0 fully saturated rings. The predicted octanol–water partition coefficient (Wildman–Crippen LogP) is 3.33. The van der Waals surface area contributed by atoms with Crippen LogP contribution in [0.2, 0.25) is 0 Å². The quantitative estimate of drug-likeness (QED) is 0.614. The molecule has 12 heavy (non-hydrogen) atoms. The molecule has 0 atom stereocenters. The van der Waals surface area contributed by atoms with Gasteiger partial charge < -0.3 is 4.74 Å². The molecule has 0 radical (unpaired) electrons. The normalized spacial score (nSPS) is 14.8. The fourth-order valence-electron chi connectivity index (χ4n) is 0.941. The Labute approximate surface area is 76.1 Å². The predicted molar refractivity (Wildman–Crippen MR) is 54.3 cm³/mol. The summed E-state index contributed by atoms with van der Waals surface area (Å²) in [6, 6.07) is 0. The topological polar surface area (TPSA) is 9.23 Å². The highest BCUT2D eigenvalue weighted by molar-refractivity contribution is 5.22. The second-order valence-corrected chi connectivity index (χ2v) is 2.90. The first-order chi connectivity index (χ1) is 5.85. The fraction of sp³-hybridized carbons (Fsp3) is 0.636. The van der Waals surface area contributed by atoms with Gasteiger partial charge in [-0.15, -0.1) is 0 Å². The summed E-state index contributed by atoms with van der Waals surface area (Å²) in [4.78, 5) is 0. The highest BCUT2D eigenvalue weighted by Gasteiger charge is 1.93. The van der Waals surface area contributed by atoms with Crippen LogP contribution in [0.5, 0.6) is 0 Å². The minimum Gasteiger partial charge on any atom is -0.380 e. The number of allylic oxidation sites excluding steroid dienone is 2. The van der Waals surface area contributed by atoms with Crippen LogP contribution in [0.15, 0.2) is 23.8 Å². The lowest BCUT2D eigenvalue weighted by Gasteiger charge is -2.03. The van der Waals surface area contributed by atoms with Gasteiger partial charge in [-0.3, -0.25) is 0 Å². The fourth-order valence-corrected chi connectivity index (χ4v) is 0.941. The minimum atomic E-state index is 0.760. The highest BCUT2D eigenvalue weighted by atomic mass is 16.5. The van der Waals surface area contributed by atoms with Crippen LogP contribution in [0, 0.1) is 0 Å². The van der Waals surface area contributed by atoms with Gasteiger partial charge in [-0.05, 0) is 18.4 Å². The van der Waals surface area contributed by atoms with E-state index in [0.717, 1.165) is 6.61 Å². The largest absolute Gasteiger partial charge is 0.380 e. The molecule has 0 amide bonds. The molecular formula is C11H20O. The van der Waals surface area contributed by atoms with E-state index in [2.05, 4.69) is 32.1 Å². The maximum atomic E-state index is 4.96. The summed E-state index contributed by atoms with van der Waals surface area (Å²) in [5, 5.41) is 0. The Morgan fingerprint density at radius 2 is 2.00 bits per heavy atom. The summed E-state index contributed by atoms with van der Waals surface area (Å²) in [5.41, 5.74) is 1.31. The zero-order valence-electron chi connectivity index (χ0n) is 8.47. The average Bonchev–Trinajstić information content (AvgIpc) is 2.08. The molecule has 0 aromatic carbocycles. The van der Waals surface area contributed by atoms with Crippen LogP contribution < -0.4 is 0 Å². The molecule has 0 unspecified atom stereocenters. The van der Waals surface area contributed by atoms with Gasteiger partial charge in [-0.2, -0.15) is 0 Å². The maximum Gasteiger partial charge on any atom is 0.0709 e. The first-order valence-corrected chi connectivity index (χ1v) is 4.69. The molecular weight excluding hydrogens is 148 g/mol. The third-order valence-electron chi connectivity index (χ3n) is 1.38. The van der Waals surface area contributed by atoms with Crippen molar-refractivity contribution in [2.24, 2.45) is 0 Å². The van der Waals surface area contributed by atoms with E-state index >= 15 is 0 Å². The molecule has 1 aliphatic carbocycles. The Hall–Kier alpha value is -0.560. The minimum absolute atomic E-state index is 0.760. The van der Waals surface area contributed by atoms with Crippen molar-refractivity contribution < 1.29 is 4.74 Å². The van der Waals surface area contributed by atoms with Crippen molar-refractivity contribution in [1.29, 1.82) is 0 Å². The highest BCUT2D eigenvalue weighted by Crippen LogP contribution is 2.08. The van der Waals surface area contributed by atoms with Crippen molar-refractivity contribution in [3.05, 3.63) is 23.8 Å². The summed E-state index contributed by atoms with van der Waals surface area (Å²) in [6.45, 7) is 5.01. The van der Waals surface area contributed by atoms with Crippen molar-refractivity contribution in [3.63, 3.8) is 0 Å². The molecule has 1 nitrogen and oxygen atoms in total. The molecule has 0 N–H and O–H groups in total. The van der Waals surface area contributed by atoms with E-state index in [9.17, 15) is 0 Å². The number of rotatable bonds is 2. The first kappa shape index (κ1) is 11.4. The van der Waals surface area contributed by atoms with Crippen molar-refractivity contribution in [3.8, 4) is 0 Å². The van der Waals surface area contributed by atoms with Gasteiger partial charge in [-0.1, -0.05) is 38.5 Å². The van der Waals surface area contributed by atoms with Gasteiger partial charge in [0.25, 0.3) is 0 Å². The third-order valence-corrected chi connectivity index (χ3v) is 1.38. The molecule has 0 heterocycles. The second kappa shape index (κ2) is 8.54. The molecule has 0 aromatic rings. The number of hydrogen-bond donors (Lipinski definition) is 0. The lowest BCUT2D eigenvalue weighted by atomic mass is 10.1. The second-order valence-electron chi connectivity index (χ2n) is 2.90. The summed E-state index contributed by atoms with van der Waals surface area (Å²) in [5.74, 6) is 0. The lowest BCUT2D eigenvalue weighted by molar-refractivity contribution is 0.228. The summed E-state index contributed by atoms with van der Waals surface area (Å²) in [6.07, 6.45) is 10.2. The van der Waals surface area contributed by atoms with E-state index in [-0.39, 0.29) is 0 Å². The van der Waals surface area contributed by atoms with E-state index in [4.69, 9.17) is 4.74 Å². The molecule has 0 saturated carbocycles. The van der Waals surface area contributed by atoms with E-state index in [1.807, 2.05) is 0 Å². The Balaban J connectivity index is 0.000000354. The smallest absolute Gasteiger partial charge is 0.0709 e. The molecule has 0 aliphatic heterocycles. The van der Waals surface area contributed by atoms with Gasteiger partial charge in [0, 0.05) is 7.11 Å². The first-order valence-electron chi connectivity index (χ1n) is 4.69. The Bertz CT molecular complexity index is 145. The Kier molecular flexibility index (Phi) is 8.14. The lowest BCUT2D eigenvalue weighted by Crippen LogP contribution is -1.93. The van der Waals surface area contributed by atoms with Crippen molar-refractivity contribution in [2.75, 3.05) is 13.7 Å². The van der Waals surface area contributed by atoms with E-state index < -0.39 is 0 Å². The molecule has 0 bridgehead atoms. The zero-order chi connectivity index (χ0) is 9.23. The van der Waals surface area contributed by atoms with Gasteiger partial charge in [0.1, 0.15) is 0 Å². The monoisotopic (exact) mass is 168 g/mol. The van der Waals surface area contributed by atoms with Crippen LogP contribution in [0.1, 0.15) is 33.1 Å². The van der Waals surface area contributed by atoms with Gasteiger partial charge in [0.15, 0.2) is 0 Å². The van der Waals surface area contributed by atoms with Crippen LogP contribution in [-0.4, -0.2) is 13.7 Å². The van der Waals surface area contributed by atoms with Gasteiger partial charge in [0.05, 0.1) is 6.61 Å². The molecule has 1 heteroatoms.